The topological polar surface area (TPSA) is 103 Å². The summed E-state index contributed by atoms with van der Waals surface area (Å²) in [5.74, 6) is -0.150. The molecule has 1 aliphatic carbocycles. The van der Waals surface area contributed by atoms with Gasteiger partial charge in [0.05, 0.1) is 7.11 Å². The molecule has 1 aliphatic heterocycles. The van der Waals surface area contributed by atoms with Crippen molar-refractivity contribution in [2.75, 3.05) is 12.4 Å². The van der Waals surface area contributed by atoms with E-state index in [0.717, 1.165) is 19.3 Å². The van der Waals surface area contributed by atoms with Crippen LogP contribution in [0.3, 0.4) is 0 Å². The highest BCUT2D eigenvalue weighted by Gasteiger charge is 2.26. The van der Waals surface area contributed by atoms with Crippen molar-refractivity contribution < 1.29 is 28.6 Å². The minimum Gasteiger partial charge on any atom is -0.493 e. The van der Waals surface area contributed by atoms with Crippen molar-refractivity contribution in [3.8, 4) is 11.5 Å². The SMILES string of the molecule is COc1cc(/C=C2/N=C(c3ccc(NC(=O)C4CCC4)cc3)OC2=O)ccc1OC(=O)c1cccs1. The Hall–Kier alpha value is -4.24. The van der Waals surface area contributed by atoms with Crippen molar-refractivity contribution in [3.05, 3.63) is 81.7 Å². The third kappa shape index (κ3) is 5.06. The Morgan fingerprint density at radius 1 is 1.11 bits per heavy atom. The monoisotopic (exact) mass is 502 g/mol. The molecule has 2 heterocycles. The van der Waals surface area contributed by atoms with Crippen LogP contribution in [0.4, 0.5) is 5.69 Å². The lowest BCUT2D eigenvalue weighted by atomic mass is 9.85. The molecule has 0 unspecified atom stereocenters. The molecule has 8 nitrogen and oxygen atoms in total. The summed E-state index contributed by atoms with van der Waals surface area (Å²) < 4.78 is 16.2. The van der Waals surface area contributed by atoms with Gasteiger partial charge in [-0.1, -0.05) is 18.6 Å². The molecule has 1 amide bonds. The number of cyclic esters (lactones) is 1. The van der Waals surface area contributed by atoms with E-state index in [1.165, 1.54) is 18.4 Å². The number of hydrogen-bond acceptors (Lipinski definition) is 8. The van der Waals surface area contributed by atoms with Crippen molar-refractivity contribution in [2.24, 2.45) is 10.9 Å². The largest absolute Gasteiger partial charge is 0.493 e. The molecule has 1 fully saturated rings. The van der Waals surface area contributed by atoms with Crippen LogP contribution in [0.1, 0.15) is 40.1 Å². The number of ether oxygens (including phenoxy) is 3. The number of hydrogen-bond donors (Lipinski definition) is 1. The summed E-state index contributed by atoms with van der Waals surface area (Å²) in [5, 5.41) is 4.70. The van der Waals surface area contributed by atoms with Crippen LogP contribution in [0.5, 0.6) is 11.5 Å². The fourth-order valence-electron chi connectivity index (χ4n) is 3.70. The number of methoxy groups -OCH3 is 1. The zero-order valence-electron chi connectivity index (χ0n) is 19.4. The van der Waals surface area contributed by atoms with Gasteiger partial charge >= 0.3 is 11.9 Å². The lowest BCUT2D eigenvalue weighted by Gasteiger charge is -2.24. The molecule has 1 aromatic heterocycles. The molecule has 0 spiro atoms. The summed E-state index contributed by atoms with van der Waals surface area (Å²) in [6, 6.07) is 15.4. The fraction of sp³-hybridized carbons (Fsp3) is 0.185. The standard InChI is InChI=1S/C27H22N2O6S/c1-33-22-15-16(7-12-21(22)34-27(32)23-6-3-13-36-23)14-20-26(31)35-25(29-20)18-8-10-19(11-9-18)28-24(30)17-4-2-5-17/h3,6-15,17H,2,4-5H2,1H3,(H,28,30)/b20-14+. The van der Waals surface area contributed by atoms with Crippen LogP contribution in [-0.4, -0.2) is 30.9 Å². The van der Waals surface area contributed by atoms with Crippen molar-refractivity contribution in [1.29, 1.82) is 0 Å². The maximum atomic E-state index is 12.4. The molecule has 9 heteroatoms. The molecule has 1 N–H and O–H groups in total. The Morgan fingerprint density at radius 2 is 1.92 bits per heavy atom. The number of carbonyl (C=O) groups excluding carboxylic acids is 3. The van der Waals surface area contributed by atoms with Crippen molar-refractivity contribution in [3.63, 3.8) is 0 Å². The second-order valence-corrected chi connectivity index (χ2v) is 9.26. The van der Waals surface area contributed by atoms with Crippen LogP contribution in [0.25, 0.3) is 6.08 Å². The Bertz CT molecular complexity index is 1370. The van der Waals surface area contributed by atoms with Crippen LogP contribution in [0, 0.1) is 5.92 Å². The highest BCUT2D eigenvalue weighted by atomic mass is 32.1. The van der Waals surface area contributed by atoms with Crippen molar-refractivity contribution in [1.82, 2.24) is 0 Å². The molecule has 2 aromatic carbocycles. The van der Waals surface area contributed by atoms with E-state index in [2.05, 4.69) is 10.3 Å². The molecule has 1 saturated carbocycles. The zero-order chi connectivity index (χ0) is 25.1. The van der Waals surface area contributed by atoms with Gasteiger partial charge in [0.15, 0.2) is 17.2 Å². The van der Waals surface area contributed by atoms with E-state index < -0.39 is 11.9 Å². The minimum absolute atomic E-state index is 0.0339. The summed E-state index contributed by atoms with van der Waals surface area (Å²) in [6.07, 6.45) is 4.52. The van der Waals surface area contributed by atoms with Crippen LogP contribution >= 0.6 is 11.3 Å². The van der Waals surface area contributed by atoms with Crippen LogP contribution in [0.15, 0.2) is 70.7 Å². The van der Waals surface area contributed by atoms with Crippen molar-refractivity contribution >= 4 is 46.8 Å². The van der Waals surface area contributed by atoms with E-state index in [4.69, 9.17) is 14.2 Å². The number of thiophene rings is 1. The second-order valence-electron chi connectivity index (χ2n) is 8.31. The Kier molecular flexibility index (Phi) is 6.64. The van der Waals surface area contributed by atoms with Gasteiger partial charge in [0, 0.05) is 17.2 Å². The number of amides is 1. The highest BCUT2D eigenvalue weighted by Crippen LogP contribution is 2.31. The molecular formula is C27H22N2O6S. The second kappa shape index (κ2) is 10.2. The van der Waals surface area contributed by atoms with Gasteiger partial charge < -0.3 is 19.5 Å². The van der Waals surface area contributed by atoms with E-state index >= 15 is 0 Å². The summed E-state index contributed by atoms with van der Waals surface area (Å²) in [5.41, 5.74) is 2.04. The molecular weight excluding hydrogens is 480 g/mol. The molecule has 36 heavy (non-hydrogen) atoms. The third-order valence-electron chi connectivity index (χ3n) is 5.91. The first-order chi connectivity index (χ1) is 17.5. The van der Waals surface area contributed by atoms with Gasteiger partial charge in [0.1, 0.15) is 4.88 Å². The third-order valence-corrected chi connectivity index (χ3v) is 6.76. The maximum absolute atomic E-state index is 12.4. The smallest absolute Gasteiger partial charge is 0.363 e. The van der Waals surface area contributed by atoms with E-state index in [-0.39, 0.29) is 29.2 Å². The molecule has 2 aliphatic rings. The van der Waals surface area contributed by atoms with Gasteiger partial charge in [-0.15, -0.1) is 11.3 Å². The quantitative estimate of drug-likeness (QED) is 0.275. The number of benzene rings is 2. The normalized spacial score (nSPS) is 16.2. The number of nitrogens with one attached hydrogen (secondary N) is 1. The predicted octanol–water partition coefficient (Wildman–Crippen LogP) is 5.06. The lowest BCUT2D eigenvalue weighted by molar-refractivity contribution is -0.130. The lowest BCUT2D eigenvalue weighted by Crippen LogP contribution is -2.28. The predicted molar refractivity (Wildman–Crippen MR) is 135 cm³/mol. The molecule has 5 rings (SSSR count). The first-order valence-corrected chi connectivity index (χ1v) is 12.3. The first kappa shape index (κ1) is 23.5. The number of rotatable bonds is 7. The van der Waals surface area contributed by atoms with Crippen LogP contribution in [0.2, 0.25) is 0 Å². The maximum Gasteiger partial charge on any atom is 0.363 e. The molecule has 182 valence electrons. The highest BCUT2D eigenvalue weighted by molar-refractivity contribution is 7.12. The number of esters is 2. The van der Waals surface area contributed by atoms with Gasteiger partial charge in [-0.05, 0) is 72.3 Å². The Morgan fingerprint density at radius 3 is 2.58 bits per heavy atom. The molecule has 0 atom stereocenters. The molecule has 0 radical (unpaired) electrons. The average molecular weight is 503 g/mol. The summed E-state index contributed by atoms with van der Waals surface area (Å²) >= 11 is 1.28. The van der Waals surface area contributed by atoms with Gasteiger partial charge in [0.25, 0.3) is 0 Å². The number of carbonyl (C=O) groups is 3. The fourth-order valence-corrected chi connectivity index (χ4v) is 4.30. The van der Waals surface area contributed by atoms with Gasteiger partial charge in [-0.2, -0.15) is 0 Å². The number of anilines is 1. The average Bonchev–Trinajstić information content (AvgIpc) is 3.50. The number of aliphatic imine (C=N–C) groups is 1. The summed E-state index contributed by atoms with van der Waals surface area (Å²) in [6.45, 7) is 0. The minimum atomic E-state index is -0.584. The van der Waals surface area contributed by atoms with Gasteiger partial charge in [-0.3, -0.25) is 4.79 Å². The molecule has 0 saturated heterocycles. The Labute approximate surface area is 211 Å². The summed E-state index contributed by atoms with van der Waals surface area (Å²) in [7, 11) is 1.47. The number of nitrogens with zero attached hydrogens (tertiary/aromatic N) is 1. The van der Waals surface area contributed by atoms with Crippen LogP contribution in [-0.2, 0) is 14.3 Å². The zero-order valence-corrected chi connectivity index (χ0v) is 20.2. The van der Waals surface area contributed by atoms with Gasteiger partial charge in [-0.25, -0.2) is 14.6 Å². The van der Waals surface area contributed by atoms with E-state index in [0.29, 0.717) is 27.4 Å². The molecule has 0 bridgehead atoms. The van der Waals surface area contributed by atoms with E-state index in [1.807, 2.05) is 0 Å². The Balaban J connectivity index is 1.30. The first-order valence-electron chi connectivity index (χ1n) is 11.4. The van der Waals surface area contributed by atoms with Crippen molar-refractivity contribution in [2.45, 2.75) is 19.3 Å². The summed E-state index contributed by atoms with van der Waals surface area (Å²) in [4.78, 5) is 41.6. The molecule has 3 aromatic rings. The van der Waals surface area contributed by atoms with Crippen LogP contribution < -0.4 is 14.8 Å². The van der Waals surface area contributed by atoms with E-state index in [1.54, 1.807) is 66.1 Å². The van der Waals surface area contributed by atoms with E-state index in [9.17, 15) is 14.4 Å². The van der Waals surface area contributed by atoms with Gasteiger partial charge in [0.2, 0.25) is 11.8 Å².